The number of nitrogens with one attached hydrogen (secondary N) is 1. The van der Waals surface area contributed by atoms with E-state index in [2.05, 4.69) is 10.2 Å². The average molecular weight is 246 g/mol. The van der Waals surface area contributed by atoms with Crippen molar-refractivity contribution in [2.75, 3.05) is 31.6 Å². The molecule has 3 fully saturated rings. The fraction of sp³-hybridized carbons (Fsp3) is 1.00. The minimum Gasteiger partial charge on any atom is -0.309 e. The van der Waals surface area contributed by atoms with Gasteiger partial charge in [0.25, 0.3) is 0 Å². The van der Waals surface area contributed by atoms with Crippen molar-refractivity contribution in [2.24, 2.45) is 5.92 Å². The minimum absolute atomic E-state index is 0.0700. The Hall–Kier alpha value is -0.130. The number of nitrogens with zero attached hydrogens (tertiary/aromatic N) is 1. The topological polar surface area (TPSA) is 49.4 Å². The Balaban J connectivity index is 1.85. The van der Waals surface area contributed by atoms with Crippen molar-refractivity contribution in [3.8, 4) is 0 Å². The lowest BCUT2D eigenvalue weighted by molar-refractivity contribution is 0.0692. The lowest BCUT2D eigenvalue weighted by atomic mass is 9.84. The van der Waals surface area contributed by atoms with Gasteiger partial charge in [-0.2, -0.15) is 0 Å². The first kappa shape index (κ1) is 12.3. The molecule has 0 radical (unpaired) electrons. The molecule has 0 aliphatic carbocycles. The van der Waals surface area contributed by atoms with Gasteiger partial charge >= 0.3 is 0 Å². The summed E-state index contributed by atoms with van der Waals surface area (Å²) in [4.78, 5) is 2.48. The molecule has 16 heavy (non-hydrogen) atoms. The largest absolute Gasteiger partial charge is 0.309 e. The van der Waals surface area contributed by atoms with Crippen LogP contribution in [0.4, 0.5) is 0 Å². The highest BCUT2D eigenvalue weighted by Crippen LogP contribution is 2.27. The van der Waals surface area contributed by atoms with Crippen molar-refractivity contribution in [1.82, 2.24) is 10.2 Å². The Bertz CT molecular complexity index is 334. The summed E-state index contributed by atoms with van der Waals surface area (Å²) in [5.41, 5.74) is 0. The Kier molecular flexibility index (Phi) is 3.56. The molecule has 3 aliphatic rings. The number of fused-ring (bicyclic) bond motifs is 3. The van der Waals surface area contributed by atoms with Gasteiger partial charge < -0.3 is 10.2 Å². The van der Waals surface area contributed by atoms with Gasteiger partial charge in [-0.25, -0.2) is 8.42 Å². The Morgan fingerprint density at radius 3 is 2.44 bits per heavy atom. The lowest BCUT2D eigenvalue weighted by Gasteiger charge is -2.46. The summed E-state index contributed by atoms with van der Waals surface area (Å²) in [6.07, 6.45) is 3.84. The zero-order valence-corrected chi connectivity index (χ0v) is 11.0. The van der Waals surface area contributed by atoms with Crippen LogP contribution in [0.1, 0.15) is 19.8 Å². The molecule has 2 bridgehead atoms. The first-order valence-electron chi connectivity index (χ1n) is 6.10. The van der Waals surface area contributed by atoms with Crippen LogP contribution in [-0.2, 0) is 9.84 Å². The van der Waals surface area contributed by atoms with Gasteiger partial charge in [-0.15, -0.1) is 0 Å². The predicted octanol–water partition coefficient (Wildman–Crippen LogP) is 0.103. The normalized spacial score (nSPS) is 36.2. The van der Waals surface area contributed by atoms with Gasteiger partial charge in [0, 0.05) is 24.9 Å². The van der Waals surface area contributed by atoms with Gasteiger partial charge in [-0.05, 0) is 38.8 Å². The first-order chi connectivity index (χ1) is 7.44. The molecule has 3 saturated heterocycles. The quantitative estimate of drug-likeness (QED) is 0.764. The van der Waals surface area contributed by atoms with Crippen LogP contribution in [0.5, 0.6) is 0 Å². The van der Waals surface area contributed by atoms with Crippen LogP contribution >= 0.6 is 0 Å². The highest BCUT2D eigenvalue weighted by atomic mass is 32.2. The maximum atomic E-state index is 11.2. The molecular formula is C11H22N2O2S. The minimum atomic E-state index is -2.86. The van der Waals surface area contributed by atoms with Crippen LogP contribution in [0.2, 0.25) is 0 Å². The van der Waals surface area contributed by atoms with Crippen LogP contribution in [0.15, 0.2) is 0 Å². The Labute approximate surface area is 98.3 Å². The molecule has 0 aromatic carbocycles. The SMILES string of the molecule is CC(CS(C)(=O)=O)NC1CN2CCC1CC2. The molecule has 2 unspecified atom stereocenters. The van der Waals surface area contributed by atoms with Gasteiger partial charge in [0.1, 0.15) is 9.84 Å². The molecule has 0 saturated carbocycles. The number of hydrogen-bond donors (Lipinski definition) is 1. The predicted molar refractivity (Wildman–Crippen MR) is 65.3 cm³/mol. The monoisotopic (exact) mass is 246 g/mol. The summed E-state index contributed by atoms with van der Waals surface area (Å²) in [5, 5.41) is 3.49. The van der Waals surface area contributed by atoms with E-state index in [9.17, 15) is 8.42 Å². The van der Waals surface area contributed by atoms with E-state index in [-0.39, 0.29) is 11.8 Å². The van der Waals surface area contributed by atoms with Crippen molar-refractivity contribution >= 4 is 9.84 Å². The number of rotatable bonds is 4. The summed E-state index contributed by atoms with van der Waals surface area (Å²) in [6, 6.07) is 0.569. The van der Waals surface area contributed by atoms with Crippen molar-refractivity contribution in [1.29, 1.82) is 0 Å². The summed E-state index contributed by atoms with van der Waals surface area (Å²) in [7, 11) is -2.86. The lowest BCUT2D eigenvalue weighted by Crippen LogP contribution is -2.58. The van der Waals surface area contributed by atoms with Crippen molar-refractivity contribution < 1.29 is 8.42 Å². The number of hydrogen-bond acceptors (Lipinski definition) is 4. The summed E-state index contributed by atoms with van der Waals surface area (Å²) < 4.78 is 22.4. The fourth-order valence-electron chi connectivity index (χ4n) is 3.02. The van der Waals surface area contributed by atoms with Crippen LogP contribution in [-0.4, -0.2) is 57.0 Å². The van der Waals surface area contributed by atoms with E-state index < -0.39 is 9.84 Å². The third-order valence-electron chi connectivity index (χ3n) is 3.71. The molecule has 0 aromatic heterocycles. The third-order valence-corrected chi connectivity index (χ3v) is 4.81. The van der Waals surface area contributed by atoms with E-state index >= 15 is 0 Å². The van der Waals surface area contributed by atoms with Crippen LogP contribution in [0.3, 0.4) is 0 Å². The summed E-state index contributed by atoms with van der Waals surface area (Å²) in [5.74, 6) is 1.00. The van der Waals surface area contributed by atoms with Crippen molar-refractivity contribution in [3.63, 3.8) is 0 Å². The molecular weight excluding hydrogens is 224 g/mol. The molecule has 0 aromatic rings. The van der Waals surface area contributed by atoms with E-state index in [1.54, 1.807) is 0 Å². The highest BCUT2D eigenvalue weighted by Gasteiger charge is 2.34. The summed E-state index contributed by atoms with van der Waals surface area (Å²) in [6.45, 7) is 5.52. The number of piperidine rings is 3. The molecule has 3 rings (SSSR count). The third kappa shape index (κ3) is 3.18. The van der Waals surface area contributed by atoms with Crippen molar-refractivity contribution in [3.05, 3.63) is 0 Å². The zero-order valence-electron chi connectivity index (χ0n) is 10.1. The molecule has 4 nitrogen and oxygen atoms in total. The van der Waals surface area contributed by atoms with E-state index in [4.69, 9.17) is 0 Å². The van der Waals surface area contributed by atoms with Gasteiger partial charge in [0.2, 0.25) is 0 Å². The molecule has 5 heteroatoms. The molecule has 0 amide bonds. The maximum Gasteiger partial charge on any atom is 0.148 e. The Morgan fingerprint density at radius 1 is 1.38 bits per heavy atom. The van der Waals surface area contributed by atoms with Gasteiger partial charge in [0.15, 0.2) is 0 Å². The van der Waals surface area contributed by atoms with Crippen LogP contribution < -0.4 is 5.32 Å². The molecule has 2 atom stereocenters. The zero-order chi connectivity index (χ0) is 11.8. The standard InChI is InChI=1S/C11H22N2O2S/c1-9(8-16(2,14)15)12-11-7-13-5-3-10(11)4-6-13/h9-12H,3-8H2,1-2H3. The second-order valence-corrected chi connectivity index (χ2v) is 7.59. The van der Waals surface area contributed by atoms with Gasteiger partial charge in [0.05, 0.1) is 5.75 Å². The second-order valence-electron chi connectivity index (χ2n) is 5.40. The van der Waals surface area contributed by atoms with Crippen LogP contribution in [0.25, 0.3) is 0 Å². The molecule has 3 heterocycles. The maximum absolute atomic E-state index is 11.2. The number of sulfone groups is 1. The van der Waals surface area contributed by atoms with E-state index in [1.807, 2.05) is 6.92 Å². The van der Waals surface area contributed by atoms with E-state index in [1.165, 1.54) is 32.2 Å². The van der Waals surface area contributed by atoms with E-state index in [0.29, 0.717) is 6.04 Å². The fourth-order valence-corrected chi connectivity index (χ4v) is 4.03. The molecule has 3 aliphatic heterocycles. The van der Waals surface area contributed by atoms with Crippen LogP contribution in [0, 0.1) is 5.92 Å². The van der Waals surface area contributed by atoms with E-state index in [0.717, 1.165) is 12.5 Å². The molecule has 0 spiro atoms. The van der Waals surface area contributed by atoms with Gasteiger partial charge in [-0.1, -0.05) is 0 Å². The smallest absolute Gasteiger partial charge is 0.148 e. The summed E-state index contributed by atoms with van der Waals surface area (Å²) >= 11 is 0. The average Bonchev–Trinajstić information content (AvgIpc) is 2.16. The second kappa shape index (κ2) is 4.63. The molecule has 1 N–H and O–H groups in total. The molecule has 94 valence electrons. The van der Waals surface area contributed by atoms with Crippen molar-refractivity contribution in [2.45, 2.75) is 31.8 Å². The Morgan fingerprint density at radius 2 is 2.00 bits per heavy atom. The first-order valence-corrected chi connectivity index (χ1v) is 8.16. The highest BCUT2D eigenvalue weighted by molar-refractivity contribution is 7.90. The van der Waals surface area contributed by atoms with Gasteiger partial charge in [-0.3, -0.25) is 0 Å².